The molecule has 2 rings (SSSR count). The summed E-state index contributed by atoms with van der Waals surface area (Å²) < 4.78 is 27.0. The van der Waals surface area contributed by atoms with E-state index in [1.54, 1.807) is 0 Å². The number of anilines is 1. The zero-order valence-electron chi connectivity index (χ0n) is 11.6. The lowest BCUT2D eigenvalue weighted by Gasteiger charge is -2.47. The SMILES string of the molecule is CN(C)C1(CNS(=O)(=O)c2cnc(NN)nc2)CCC1. The van der Waals surface area contributed by atoms with Gasteiger partial charge in [0.2, 0.25) is 16.0 Å². The number of nitrogens with one attached hydrogen (secondary N) is 2. The smallest absolute Gasteiger partial charge is 0.243 e. The molecule has 0 spiro atoms. The van der Waals surface area contributed by atoms with E-state index in [1.165, 1.54) is 12.4 Å². The molecule has 0 radical (unpaired) electrons. The molecule has 0 aliphatic heterocycles. The topological polar surface area (TPSA) is 113 Å². The molecule has 1 saturated carbocycles. The molecule has 8 nitrogen and oxygen atoms in total. The molecule has 0 amide bonds. The van der Waals surface area contributed by atoms with Gasteiger partial charge in [-0.3, -0.25) is 5.43 Å². The number of nitrogen functional groups attached to an aromatic ring is 1. The number of hydrogen-bond donors (Lipinski definition) is 3. The summed E-state index contributed by atoms with van der Waals surface area (Å²) >= 11 is 0. The molecule has 1 aromatic rings. The van der Waals surface area contributed by atoms with Crippen molar-refractivity contribution in [1.29, 1.82) is 0 Å². The van der Waals surface area contributed by atoms with E-state index < -0.39 is 10.0 Å². The molecule has 0 atom stereocenters. The van der Waals surface area contributed by atoms with Crippen molar-refractivity contribution in [2.75, 3.05) is 26.1 Å². The third-order valence-corrected chi connectivity index (χ3v) is 5.25. The van der Waals surface area contributed by atoms with Crippen molar-refractivity contribution in [3.63, 3.8) is 0 Å². The number of hydrazine groups is 1. The highest BCUT2D eigenvalue weighted by atomic mass is 32.2. The molecular formula is C11H20N6O2S. The van der Waals surface area contributed by atoms with Gasteiger partial charge in [-0.05, 0) is 33.4 Å². The number of rotatable bonds is 6. The van der Waals surface area contributed by atoms with Crippen LogP contribution in [0.1, 0.15) is 19.3 Å². The minimum atomic E-state index is -3.60. The fourth-order valence-corrected chi connectivity index (χ4v) is 3.22. The normalized spacial score (nSPS) is 17.8. The first-order chi connectivity index (χ1) is 9.39. The minimum absolute atomic E-state index is 0.0322. The van der Waals surface area contributed by atoms with Gasteiger partial charge < -0.3 is 4.90 Å². The summed E-state index contributed by atoms with van der Waals surface area (Å²) in [5.74, 6) is 5.31. The Morgan fingerprint density at radius 1 is 1.35 bits per heavy atom. The molecule has 0 bridgehead atoms. The predicted octanol–water partition coefficient (Wildman–Crippen LogP) is -0.475. The lowest BCUT2D eigenvalue weighted by Crippen LogP contribution is -2.57. The Kier molecular flexibility index (Phi) is 4.23. The summed E-state index contributed by atoms with van der Waals surface area (Å²) in [6, 6.07) is 0. The first kappa shape index (κ1) is 15.1. The number of nitrogens with zero attached hydrogens (tertiary/aromatic N) is 3. The molecule has 1 heterocycles. The highest BCUT2D eigenvalue weighted by Crippen LogP contribution is 2.35. The lowest BCUT2D eigenvalue weighted by atomic mass is 9.76. The van der Waals surface area contributed by atoms with Gasteiger partial charge in [-0.2, -0.15) is 0 Å². The molecule has 1 aliphatic carbocycles. The van der Waals surface area contributed by atoms with E-state index in [-0.39, 0.29) is 16.4 Å². The second-order valence-corrected chi connectivity index (χ2v) is 6.95. The van der Waals surface area contributed by atoms with Crippen LogP contribution in [0.4, 0.5) is 5.95 Å². The van der Waals surface area contributed by atoms with Crippen LogP contribution in [0.15, 0.2) is 17.3 Å². The summed E-state index contributed by atoms with van der Waals surface area (Å²) in [5.41, 5.74) is 2.17. The van der Waals surface area contributed by atoms with Crippen molar-refractivity contribution in [3.05, 3.63) is 12.4 Å². The van der Waals surface area contributed by atoms with Crippen LogP contribution >= 0.6 is 0 Å². The van der Waals surface area contributed by atoms with E-state index in [0.29, 0.717) is 6.54 Å². The quantitative estimate of drug-likeness (QED) is 0.480. The van der Waals surface area contributed by atoms with E-state index in [9.17, 15) is 8.42 Å². The number of aromatic nitrogens is 2. The Balaban J connectivity index is 2.07. The van der Waals surface area contributed by atoms with Crippen molar-refractivity contribution in [3.8, 4) is 0 Å². The maximum atomic E-state index is 12.2. The maximum absolute atomic E-state index is 12.2. The monoisotopic (exact) mass is 300 g/mol. The molecule has 1 aromatic heterocycles. The van der Waals surface area contributed by atoms with Crippen molar-refractivity contribution >= 4 is 16.0 Å². The Morgan fingerprint density at radius 3 is 2.35 bits per heavy atom. The fourth-order valence-electron chi connectivity index (χ4n) is 2.21. The second kappa shape index (κ2) is 5.60. The summed E-state index contributed by atoms with van der Waals surface area (Å²) in [4.78, 5) is 9.71. The van der Waals surface area contributed by atoms with E-state index >= 15 is 0 Å². The van der Waals surface area contributed by atoms with Crippen molar-refractivity contribution in [2.24, 2.45) is 5.84 Å². The van der Waals surface area contributed by atoms with Crippen LogP contribution < -0.4 is 16.0 Å². The van der Waals surface area contributed by atoms with Crippen LogP contribution in [0.2, 0.25) is 0 Å². The Morgan fingerprint density at radius 2 is 1.95 bits per heavy atom. The van der Waals surface area contributed by atoms with Gasteiger partial charge in [-0.1, -0.05) is 0 Å². The zero-order chi connectivity index (χ0) is 14.8. The Bertz CT molecular complexity index is 553. The number of likely N-dealkylation sites (N-methyl/N-ethyl adjacent to an activating group) is 1. The summed E-state index contributed by atoms with van der Waals surface area (Å²) in [6.07, 6.45) is 5.57. The lowest BCUT2D eigenvalue weighted by molar-refractivity contribution is 0.0657. The summed E-state index contributed by atoms with van der Waals surface area (Å²) in [7, 11) is 0.343. The van der Waals surface area contributed by atoms with Crippen molar-refractivity contribution in [1.82, 2.24) is 19.6 Å². The van der Waals surface area contributed by atoms with E-state index in [0.717, 1.165) is 19.3 Å². The Labute approximate surface area is 118 Å². The average Bonchev–Trinajstić information content (AvgIpc) is 2.37. The average molecular weight is 300 g/mol. The van der Waals surface area contributed by atoms with Gasteiger partial charge in [0, 0.05) is 12.1 Å². The molecule has 1 fully saturated rings. The van der Waals surface area contributed by atoms with Crippen LogP contribution in [0.25, 0.3) is 0 Å². The van der Waals surface area contributed by atoms with E-state index in [1.807, 2.05) is 14.1 Å². The van der Waals surface area contributed by atoms with Gasteiger partial charge in [0.25, 0.3) is 0 Å². The number of hydrogen-bond acceptors (Lipinski definition) is 7. The summed E-state index contributed by atoms with van der Waals surface area (Å²) in [6.45, 7) is 0.388. The standard InChI is InChI=1S/C11H20N6O2S/c1-17(2)11(4-3-5-11)8-15-20(18,19)9-6-13-10(16-12)14-7-9/h6-7,15H,3-5,8,12H2,1-2H3,(H,13,14,16). The predicted molar refractivity (Wildman–Crippen MR) is 75.3 cm³/mol. The van der Waals surface area contributed by atoms with Gasteiger partial charge in [-0.25, -0.2) is 29.0 Å². The first-order valence-electron chi connectivity index (χ1n) is 6.35. The molecule has 4 N–H and O–H groups in total. The third-order valence-electron chi connectivity index (χ3n) is 3.89. The molecule has 112 valence electrons. The van der Waals surface area contributed by atoms with Crippen LogP contribution in [-0.4, -0.2) is 49.5 Å². The van der Waals surface area contributed by atoms with Gasteiger partial charge >= 0.3 is 0 Å². The molecule has 9 heteroatoms. The second-order valence-electron chi connectivity index (χ2n) is 5.18. The first-order valence-corrected chi connectivity index (χ1v) is 7.84. The Hall–Kier alpha value is -1.29. The van der Waals surface area contributed by atoms with Gasteiger partial charge in [0.1, 0.15) is 4.90 Å². The van der Waals surface area contributed by atoms with Gasteiger partial charge in [-0.15, -0.1) is 0 Å². The van der Waals surface area contributed by atoms with Crippen molar-refractivity contribution < 1.29 is 8.42 Å². The van der Waals surface area contributed by atoms with Crippen LogP contribution in [0.3, 0.4) is 0 Å². The molecule has 20 heavy (non-hydrogen) atoms. The van der Waals surface area contributed by atoms with Gasteiger partial charge in [0.15, 0.2) is 0 Å². The fraction of sp³-hybridized carbons (Fsp3) is 0.636. The molecular weight excluding hydrogens is 280 g/mol. The third kappa shape index (κ3) is 2.90. The van der Waals surface area contributed by atoms with Crippen LogP contribution in [0.5, 0.6) is 0 Å². The van der Waals surface area contributed by atoms with Crippen molar-refractivity contribution in [2.45, 2.75) is 29.7 Å². The largest absolute Gasteiger partial charge is 0.302 e. The van der Waals surface area contributed by atoms with E-state index in [2.05, 4.69) is 25.0 Å². The van der Waals surface area contributed by atoms with E-state index in [4.69, 9.17) is 5.84 Å². The minimum Gasteiger partial charge on any atom is -0.302 e. The van der Waals surface area contributed by atoms with Gasteiger partial charge in [0.05, 0.1) is 12.4 Å². The molecule has 0 saturated heterocycles. The molecule has 0 unspecified atom stereocenters. The molecule has 1 aliphatic rings. The maximum Gasteiger partial charge on any atom is 0.243 e. The zero-order valence-corrected chi connectivity index (χ0v) is 12.4. The summed E-state index contributed by atoms with van der Waals surface area (Å²) in [5, 5.41) is 0. The highest BCUT2D eigenvalue weighted by Gasteiger charge is 2.39. The highest BCUT2D eigenvalue weighted by molar-refractivity contribution is 7.89. The van der Waals surface area contributed by atoms with Crippen LogP contribution in [-0.2, 0) is 10.0 Å². The number of sulfonamides is 1. The molecule has 0 aromatic carbocycles. The number of nitrogens with two attached hydrogens (primary N) is 1. The van der Waals surface area contributed by atoms with Crippen LogP contribution in [0, 0.1) is 0 Å².